The molecule has 0 spiro atoms. The lowest BCUT2D eigenvalue weighted by Gasteiger charge is -2.30. The van der Waals surface area contributed by atoms with Crippen LogP contribution in [-0.2, 0) is 10.8 Å². The molecule has 0 saturated heterocycles. The molecule has 0 atom stereocenters. The van der Waals surface area contributed by atoms with E-state index in [1.807, 2.05) is 0 Å². The summed E-state index contributed by atoms with van der Waals surface area (Å²) in [6.07, 6.45) is 0. The van der Waals surface area contributed by atoms with Crippen molar-refractivity contribution in [2.75, 3.05) is 4.90 Å². The predicted octanol–water partition coefficient (Wildman–Crippen LogP) is 22.4. The average molecular weight is 1130 g/mol. The number of anilines is 3. The van der Waals surface area contributed by atoms with Crippen LogP contribution in [0.25, 0.3) is 127 Å². The molecule has 3 heterocycles. The van der Waals surface area contributed by atoms with Crippen molar-refractivity contribution in [1.82, 2.24) is 13.7 Å². The van der Waals surface area contributed by atoms with E-state index in [2.05, 4.69) is 337 Å². The fraction of sp³-hybridized carbons (Fsp3) is 0.0714. The van der Waals surface area contributed by atoms with Crippen LogP contribution in [0.15, 0.2) is 291 Å². The first kappa shape index (κ1) is 50.4. The zero-order chi connectivity index (χ0) is 58.6. The van der Waals surface area contributed by atoms with Crippen LogP contribution in [0, 0.1) is 0 Å². The highest BCUT2D eigenvalue weighted by Crippen LogP contribution is 2.55. The Hall–Kier alpha value is -10.9. The van der Waals surface area contributed by atoms with E-state index in [9.17, 15) is 0 Å². The van der Waals surface area contributed by atoms with E-state index in [1.165, 1.54) is 144 Å². The van der Waals surface area contributed by atoms with Gasteiger partial charge in [-0.3, -0.25) is 0 Å². The summed E-state index contributed by atoms with van der Waals surface area (Å²) in [5.74, 6) is 0. The average Bonchev–Trinajstić information content (AvgIpc) is 1.94. The van der Waals surface area contributed by atoms with E-state index in [4.69, 9.17) is 0 Å². The van der Waals surface area contributed by atoms with Crippen molar-refractivity contribution in [2.24, 2.45) is 0 Å². The summed E-state index contributed by atoms with van der Waals surface area (Å²) >= 11 is 0. The Morgan fingerprint density at radius 3 is 0.955 bits per heavy atom. The Balaban J connectivity index is 0.729. The SMILES string of the molecule is CC1(C)c2cc(N(c3ccc(-c4ccc(-c5ccc6c7ccccc7n(-c7ccccc7)c6c5)cc4)cc3)c3ccc4c(c3)C(C)(C)c3cc(-n5c6ccccc6c6ccccc65)ccc3-4)ccc2-c2ccc(-n3c4ccccc4c4ccccc43)cc21. The van der Waals surface area contributed by atoms with E-state index in [-0.39, 0.29) is 10.8 Å². The van der Waals surface area contributed by atoms with Crippen LogP contribution in [0.4, 0.5) is 17.1 Å². The Kier molecular flexibility index (Phi) is 10.8. The maximum atomic E-state index is 2.49. The second-order valence-corrected chi connectivity index (χ2v) is 25.3. The summed E-state index contributed by atoms with van der Waals surface area (Å²) in [6, 6.07) is 109. The molecular weight excluding hydrogens is 1060 g/mol. The van der Waals surface area contributed by atoms with E-state index in [1.54, 1.807) is 0 Å². The molecule has 0 N–H and O–H groups in total. The van der Waals surface area contributed by atoms with Crippen LogP contribution in [0.3, 0.4) is 0 Å². The molecular formula is C84H60N4. The first-order valence-electron chi connectivity index (χ1n) is 30.8. The standard InChI is InChI=1S/C84H60N4/c1-83(2)73-49-59(39-44-63(73)65-46-41-61(51-75(65)83)87-78-26-14-8-20-67(78)68-21-9-15-27-79(68)87)85(60-40-45-64-66-47-42-62(52-76(66)84(3,4)74(64)50-60)88-80-28-16-10-22-69(80)70-23-11-17-29-81(70)88)58-37-34-54(35-38-58)53-30-32-55(33-31-53)56-36-43-72-71-24-12-13-25-77(71)86(82(72)48-56)57-18-6-5-7-19-57/h5-52H,1-4H3. The second kappa shape index (κ2) is 18.8. The fourth-order valence-corrected chi connectivity index (χ4v) is 15.5. The van der Waals surface area contributed by atoms with Crippen LogP contribution in [0.1, 0.15) is 49.9 Å². The first-order valence-corrected chi connectivity index (χ1v) is 30.8. The van der Waals surface area contributed by atoms with Crippen molar-refractivity contribution in [2.45, 2.75) is 38.5 Å². The highest BCUT2D eigenvalue weighted by Gasteiger charge is 2.39. The third-order valence-electron chi connectivity index (χ3n) is 19.8. The summed E-state index contributed by atoms with van der Waals surface area (Å²) < 4.78 is 7.29. The van der Waals surface area contributed by atoms with Crippen LogP contribution in [0.2, 0.25) is 0 Å². The van der Waals surface area contributed by atoms with Gasteiger partial charge in [-0.15, -0.1) is 0 Å². The number of para-hydroxylation sites is 6. The van der Waals surface area contributed by atoms with Gasteiger partial charge in [-0.2, -0.15) is 0 Å². The van der Waals surface area contributed by atoms with E-state index >= 15 is 0 Å². The molecule has 0 bridgehead atoms. The zero-order valence-electron chi connectivity index (χ0n) is 49.5. The Labute approximate surface area is 511 Å². The molecule has 16 aromatic rings. The molecule has 18 rings (SSSR count). The number of hydrogen-bond acceptors (Lipinski definition) is 1. The molecule has 0 fully saturated rings. The minimum atomic E-state index is -0.279. The molecule has 13 aromatic carbocycles. The fourth-order valence-electron chi connectivity index (χ4n) is 15.5. The van der Waals surface area contributed by atoms with Gasteiger partial charge in [0, 0.05) is 77.3 Å². The number of benzene rings is 13. The van der Waals surface area contributed by atoms with Crippen molar-refractivity contribution in [3.63, 3.8) is 0 Å². The van der Waals surface area contributed by atoms with Gasteiger partial charge in [0.1, 0.15) is 0 Å². The highest BCUT2D eigenvalue weighted by atomic mass is 15.1. The van der Waals surface area contributed by atoms with Crippen molar-refractivity contribution in [1.29, 1.82) is 0 Å². The van der Waals surface area contributed by atoms with Gasteiger partial charge in [0.2, 0.25) is 0 Å². The maximum absolute atomic E-state index is 2.49. The first-order chi connectivity index (χ1) is 43.2. The zero-order valence-corrected chi connectivity index (χ0v) is 49.5. The predicted molar refractivity (Wildman–Crippen MR) is 370 cm³/mol. The van der Waals surface area contributed by atoms with Gasteiger partial charge < -0.3 is 18.6 Å². The van der Waals surface area contributed by atoms with Crippen LogP contribution >= 0.6 is 0 Å². The summed E-state index contributed by atoms with van der Waals surface area (Å²) in [6.45, 7) is 9.64. The lowest BCUT2D eigenvalue weighted by atomic mass is 9.81. The van der Waals surface area contributed by atoms with Gasteiger partial charge in [0.25, 0.3) is 0 Å². The molecule has 416 valence electrons. The molecule has 0 amide bonds. The van der Waals surface area contributed by atoms with Gasteiger partial charge in [0.15, 0.2) is 0 Å². The van der Waals surface area contributed by atoms with E-state index in [0.29, 0.717) is 0 Å². The topological polar surface area (TPSA) is 18.0 Å². The van der Waals surface area contributed by atoms with Crippen molar-refractivity contribution in [3.8, 4) is 61.6 Å². The lowest BCUT2D eigenvalue weighted by Crippen LogP contribution is -2.18. The minimum Gasteiger partial charge on any atom is -0.310 e. The Morgan fingerprint density at radius 1 is 0.227 bits per heavy atom. The number of aromatic nitrogens is 3. The van der Waals surface area contributed by atoms with Gasteiger partial charge >= 0.3 is 0 Å². The van der Waals surface area contributed by atoms with Crippen LogP contribution in [0.5, 0.6) is 0 Å². The third-order valence-corrected chi connectivity index (χ3v) is 19.8. The normalized spacial score (nSPS) is 13.6. The molecule has 0 unspecified atom stereocenters. The summed E-state index contributed by atoms with van der Waals surface area (Å²) in [5.41, 5.74) is 28.9. The number of fused-ring (bicyclic) bond motifs is 15. The molecule has 0 saturated carbocycles. The third kappa shape index (κ3) is 7.33. The largest absolute Gasteiger partial charge is 0.310 e. The van der Waals surface area contributed by atoms with Gasteiger partial charge in [0.05, 0.1) is 33.1 Å². The number of nitrogens with zero attached hydrogens (tertiary/aromatic N) is 4. The van der Waals surface area contributed by atoms with Gasteiger partial charge in [-0.25, -0.2) is 0 Å². The molecule has 4 nitrogen and oxygen atoms in total. The molecule has 4 heteroatoms. The monoisotopic (exact) mass is 1120 g/mol. The summed E-state index contributed by atoms with van der Waals surface area (Å²) in [4.78, 5) is 2.49. The molecule has 2 aliphatic carbocycles. The van der Waals surface area contributed by atoms with E-state index in [0.717, 1.165) is 22.7 Å². The van der Waals surface area contributed by atoms with Gasteiger partial charge in [-0.05, 0) is 176 Å². The highest BCUT2D eigenvalue weighted by molar-refractivity contribution is 6.12. The second-order valence-electron chi connectivity index (χ2n) is 25.3. The Bertz CT molecular complexity index is 5220. The Morgan fingerprint density at radius 2 is 0.534 bits per heavy atom. The molecule has 88 heavy (non-hydrogen) atoms. The number of rotatable bonds is 8. The molecule has 0 radical (unpaired) electrons. The summed E-state index contributed by atoms with van der Waals surface area (Å²) in [7, 11) is 0. The van der Waals surface area contributed by atoms with Crippen LogP contribution in [-0.4, -0.2) is 13.7 Å². The quantitative estimate of drug-likeness (QED) is 0.148. The lowest BCUT2D eigenvalue weighted by molar-refractivity contribution is 0.659. The smallest absolute Gasteiger partial charge is 0.0547 e. The molecule has 0 aliphatic heterocycles. The molecule has 3 aromatic heterocycles. The van der Waals surface area contributed by atoms with Crippen molar-refractivity contribution in [3.05, 3.63) is 313 Å². The van der Waals surface area contributed by atoms with Gasteiger partial charge in [-0.1, -0.05) is 210 Å². The summed E-state index contributed by atoms with van der Waals surface area (Å²) in [5, 5.41) is 7.61. The van der Waals surface area contributed by atoms with Crippen molar-refractivity contribution < 1.29 is 0 Å². The molecule has 2 aliphatic rings. The van der Waals surface area contributed by atoms with Crippen LogP contribution < -0.4 is 4.90 Å². The van der Waals surface area contributed by atoms with Crippen molar-refractivity contribution >= 4 is 82.5 Å². The minimum absolute atomic E-state index is 0.279. The number of hydrogen-bond donors (Lipinski definition) is 0. The maximum Gasteiger partial charge on any atom is 0.0547 e. The van der Waals surface area contributed by atoms with E-state index < -0.39 is 0 Å².